The molecular weight excluding hydrogens is 544 g/mol. The third-order valence-electron chi connectivity index (χ3n) is 7.60. The lowest BCUT2D eigenvalue weighted by molar-refractivity contribution is 0.103. The normalized spacial score (nSPS) is 17.3. The number of rotatable bonds is 3. The van der Waals surface area contributed by atoms with Gasteiger partial charge in [0.25, 0.3) is 11.4 Å². The molecule has 0 bridgehead atoms. The van der Waals surface area contributed by atoms with Gasteiger partial charge in [0.2, 0.25) is 0 Å². The summed E-state index contributed by atoms with van der Waals surface area (Å²) in [5.41, 5.74) is 6.58. The Morgan fingerprint density at radius 3 is 1.20 bits per heavy atom. The molecule has 2 aliphatic rings. The van der Waals surface area contributed by atoms with Gasteiger partial charge in [-0.1, -0.05) is 97.1 Å². The van der Waals surface area contributed by atoms with Gasteiger partial charge in [0.15, 0.2) is 11.6 Å². The monoisotopic (exact) mass is 562 g/mol. The van der Waals surface area contributed by atoms with Crippen molar-refractivity contribution < 1.29 is 9.59 Å². The fourth-order valence-electron chi connectivity index (χ4n) is 5.54. The molecule has 6 rings (SSSR count). The summed E-state index contributed by atoms with van der Waals surface area (Å²) in [5, 5.41) is 19.1. The number of nitrogens with zero attached hydrogens (tertiary/aromatic N) is 4. The number of carbonyl (C=O) groups is 2. The van der Waals surface area contributed by atoms with Gasteiger partial charge in [-0.2, -0.15) is 0 Å². The molecule has 202 valence electrons. The van der Waals surface area contributed by atoms with Gasteiger partial charge in [-0.3, -0.25) is 9.59 Å². The van der Waals surface area contributed by atoms with Crippen LogP contribution in [-0.2, 0) is 0 Å². The number of carbonyl (C=O) groups excluding carboxylic acids is 2. The molecular formula is C38H18N4O2. The number of ketones is 2. The van der Waals surface area contributed by atoms with Crippen molar-refractivity contribution >= 4 is 34.9 Å². The standard InChI is InChI=1S/C38H18N4O2/c1-41-33(21-39)35-27-7-3-5-9-29(27)37(43)31(35)19-23-11-15-25(16-12-23)26-17-13-24(14-18-26)20-32-36(34(22-40)42-2)28-8-4-6-10-30(28)38(32)44/h3-20H/b31-19-,32-20-,35-33-,36-34+. The highest BCUT2D eigenvalue weighted by atomic mass is 16.1. The fraction of sp³-hybridized carbons (Fsp3) is 0. The highest BCUT2D eigenvalue weighted by Gasteiger charge is 2.33. The first-order valence-electron chi connectivity index (χ1n) is 13.5. The first-order valence-corrected chi connectivity index (χ1v) is 13.5. The molecule has 2 aliphatic carbocycles. The number of hydrogen-bond donors (Lipinski definition) is 0. The third kappa shape index (κ3) is 4.52. The number of hydrogen-bond acceptors (Lipinski definition) is 4. The zero-order valence-corrected chi connectivity index (χ0v) is 23.0. The van der Waals surface area contributed by atoms with Gasteiger partial charge in [-0.25, -0.2) is 20.2 Å². The van der Waals surface area contributed by atoms with Crippen LogP contribution in [0.25, 0.3) is 44.1 Å². The summed E-state index contributed by atoms with van der Waals surface area (Å²) in [6.07, 6.45) is 3.42. The van der Waals surface area contributed by atoms with Crippen LogP contribution in [0.4, 0.5) is 0 Å². The van der Waals surface area contributed by atoms with E-state index in [4.69, 9.17) is 13.1 Å². The second-order valence-electron chi connectivity index (χ2n) is 10.0. The summed E-state index contributed by atoms with van der Waals surface area (Å²) in [6, 6.07) is 33.0. The molecule has 0 N–H and O–H groups in total. The lowest BCUT2D eigenvalue weighted by Gasteiger charge is -2.06. The van der Waals surface area contributed by atoms with Crippen LogP contribution in [0.3, 0.4) is 0 Å². The summed E-state index contributed by atoms with van der Waals surface area (Å²) < 4.78 is 0. The van der Waals surface area contributed by atoms with Crippen LogP contribution >= 0.6 is 0 Å². The van der Waals surface area contributed by atoms with Crippen LogP contribution in [0.1, 0.15) is 43.0 Å². The molecule has 0 saturated carbocycles. The van der Waals surface area contributed by atoms with E-state index < -0.39 is 0 Å². The summed E-state index contributed by atoms with van der Waals surface area (Å²) in [4.78, 5) is 33.1. The minimum Gasteiger partial charge on any atom is -0.289 e. The Bertz CT molecular complexity index is 2030. The van der Waals surface area contributed by atoms with Gasteiger partial charge in [0.1, 0.15) is 0 Å². The van der Waals surface area contributed by atoms with Crippen molar-refractivity contribution in [2.45, 2.75) is 0 Å². The average molecular weight is 563 g/mol. The minimum atomic E-state index is -0.221. The van der Waals surface area contributed by atoms with Crippen molar-refractivity contribution in [3.05, 3.63) is 176 Å². The Kier molecular flexibility index (Phi) is 6.95. The molecule has 0 aliphatic heterocycles. The van der Waals surface area contributed by atoms with Crippen molar-refractivity contribution in [1.29, 1.82) is 10.5 Å². The number of fused-ring (bicyclic) bond motifs is 2. The largest absolute Gasteiger partial charge is 0.289 e. The highest BCUT2D eigenvalue weighted by Crippen LogP contribution is 2.41. The van der Waals surface area contributed by atoms with Gasteiger partial charge in [-0.15, -0.1) is 0 Å². The number of Topliss-reactive ketones (excluding diaryl/α,β-unsaturated/α-hetero) is 2. The predicted octanol–water partition coefficient (Wildman–Crippen LogP) is 8.22. The molecule has 6 nitrogen and oxygen atoms in total. The minimum absolute atomic E-state index is 0.120. The Morgan fingerprint density at radius 2 is 0.886 bits per heavy atom. The lowest BCUT2D eigenvalue weighted by atomic mass is 9.97. The highest BCUT2D eigenvalue weighted by molar-refractivity contribution is 6.30. The molecule has 0 heterocycles. The first kappa shape index (κ1) is 27.3. The Morgan fingerprint density at radius 1 is 0.545 bits per heavy atom. The molecule has 44 heavy (non-hydrogen) atoms. The van der Waals surface area contributed by atoms with Crippen LogP contribution in [-0.4, -0.2) is 11.6 Å². The van der Waals surface area contributed by atoms with Crippen LogP contribution in [0.15, 0.2) is 120 Å². The molecule has 6 heteroatoms. The molecule has 0 spiro atoms. The molecule has 0 fully saturated rings. The van der Waals surface area contributed by atoms with Crippen LogP contribution in [0.2, 0.25) is 0 Å². The molecule has 0 atom stereocenters. The summed E-state index contributed by atoms with van der Waals surface area (Å²) in [5.74, 6) is -0.443. The molecule has 4 aromatic rings. The first-order chi connectivity index (χ1) is 21.5. The van der Waals surface area contributed by atoms with E-state index in [0.29, 0.717) is 44.5 Å². The topological polar surface area (TPSA) is 90.4 Å². The van der Waals surface area contributed by atoms with E-state index in [1.54, 1.807) is 60.7 Å². The summed E-state index contributed by atoms with van der Waals surface area (Å²) in [6.45, 7) is 14.9. The van der Waals surface area contributed by atoms with E-state index in [9.17, 15) is 20.1 Å². The van der Waals surface area contributed by atoms with Gasteiger partial charge in [0, 0.05) is 33.4 Å². The SMILES string of the molecule is [C-]#[N+]/C(C#N)=C1\C(=C\c2ccc(-c3ccc(/C=C4\C(=O)c5ccccc5\C4=C(\C#N)[N+]#[C-])cc3)cc2)C(=O)c2ccccc21. The molecule has 0 aromatic heterocycles. The second-order valence-corrected chi connectivity index (χ2v) is 10.0. The van der Waals surface area contributed by atoms with Crippen LogP contribution in [0.5, 0.6) is 0 Å². The maximum atomic E-state index is 13.2. The van der Waals surface area contributed by atoms with Gasteiger partial charge in [-0.05, 0) is 45.5 Å². The fourth-order valence-corrected chi connectivity index (χ4v) is 5.54. The van der Waals surface area contributed by atoms with Crippen LogP contribution in [0, 0.1) is 35.8 Å². The van der Waals surface area contributed by atoms with Crippen LogP contribution < -0.4 is 0 Å². The van der Waals surface area contributed by atoms with E-state index in [1.165, 1.54) is 0 Å². The maximum Gasteiger partial charge on any atom is 0.270 e. The van der Waals surface area contributed by atoms with Gasteiger partial charge >= 0.3 is 0 Å². The van der Waals surface area contributed by atoms with Crippen molar-refractivity contribution in [1.82, 2.24) is 0 Å². The van der Waals surface area contributed by atoms with E-state index >= 15 is 0 Å². The maximum absolute atomic E-state index is 13.2. The molecule has 0 unspecified atom stereocenters. The van der Waals surface area contributed by atoms with Crippen molar-refractivity contribution in [3.63, 3.8) is 0 Å². The lowest BCUT2D eigenvalue weighted by Crippen LogP contribution is -1.95. The molecule has 4 aromatic carbocycles. The molecule has 0 radical (unpaired) electrons. The summed E-state index contributed by atoms with van der Waals surface area (Å²) in [7, 11) is 0. The molecule has 0 saturated heterocycles. The Balaban J connectivity index is 1.31. The quantitative estimate of drug-likeness (QED) is 0.143. The van der Waals surface area contributed by atoms with Gasteiger partial charge in [0.05, 0.1) is 25.3 Å². The van der Waals surface area contributed by atoms with Crippen molar-refractivity contribution in [2.24, 2.45) is 0 Å². The Hall–Kier alpha value is -6.86. The second kappa shape index (κ2) is 11.2. The Labute approximate surface area is 253 Å². The predicted molar refractivity (Wildman–Crippen MR) is 168 cm³/mol. The van der Waals surface area contributed by atoms with E-state index in [2.05, 4.69) is 9.69 Å². The zero-order valence-electron chi connectivity index (χ0n) is 23.0. The smallest absolute Gasteiger partial charge is 0.270 e. The third-order valence-corrected chi connectivity index (χ3v) is 7.60. The number of nitriles is 2. The average Bonchev–Trinajstić information content (AvgIpc) is 3.50. The van der Waals surface area contributed by atoms with E-state index in [-0.39, 0.29) is 23.0 Å². The number of allylic oxidation sites excluding steroid dienone is 6. The van der Waals surface area contributed by atoms with Crippen molar-refractivity contribution in [2.75, 3.05) is 0 Å². The summed E-state index contributed by atoms with van der Waals surface area (Å²) >= 11 is 0. The van der Waals surface area contributed by atoms with E-state index in [0.717, 1.165) is 22.3 Å². The molecule has 0 amide bonds. The van der Waals surface area contributed by atoms with Crippen molar-refractivity contribution in [3.8, 4) is 23.3 Å². The number of benzene rings is 4. The van der Waals surface area contributed by atoms with Gasteiger partial charge < -0.3 is 0 Å². The van der Waals surface area contributed by atoms with E-state index in [1.807, 2.05) is 60.7 Å². The zero-order chi connectivity index (χ0) is 30.8.